The molecule has 8 heteroatoms. The molecule has 0 saturated carbocycles. The standard InChI is InChI=1S/C29H38FN5O2/c1-5-21(6-2)28(36)32-24-14-15-25(23(20-31)26(24)30)34-16-18-35(19-17-34)27(22-12-10-9-11-13-22)29(37)33(7-3)8-4/h9-15,21,27H,5-8,16-19H2,1-4H3,(H,32,36). The van der Waals surface area contributed by atoms with Crippen molar-refractivity contribution in [2.24, 2.45) is 5.92 Å². The van der Waals surface area contributed by atoms with Crippen molar-refractivity contribution in [3.8, 4) is 6.07 Å². The number of nitrogens with one attached hydrogen (secondary N) is 1. The lowest BCUT2D eigenvalue weighted by molar-refractivity contribution is -0.137. The molecule has 1 saturated heterocycles. The minimum Gasteiger partial charge on any atom is -0.368 e. The number of rotatable bonds is 10. The average Bonchev–Trinajstić information content (AvgIpc) is 2.92. The number of hydrogen-bond acceptors (Lipinski definition) is 5. The molecular weight excluding hydrogens is 469 g/mol. The lowest BCUT2D eigenvalue weighted by Gasteiger charge is -2.41. The summed E-state index contributed by atoms with van der Waals surface area (Å²) >= 11 is 0. The van der Waals surface area contributed by atoms with Crippen LogP contribution < -0.4 is 10.2 Å². The highest BCUT2D eigenvalue weighted by Gasteiger charge is 2.33. The third-order valence-electron chi connectivity index (χ3n) is 7.29. The number of nitriles is 1. The number of benzene rings is 2. The van der Waals surface area contributed by atoms with Gasteiger partial charge >= 0.3 is 0 Å². The molecule has 0 radical (unpaired) electrons. The third-order valence-corrected chi connectivity index (χ3v) is 7.29. The zero-order valence-corrected chi connectivity index (χ0v) is 22.3. The van der Waals surface area contributed by atoms with Crippen molar-refractivity contribution in [2.45, 2.75) is 46.6 Å². The van der Waals surface area contributed by atoms with Crippen LogP contribution in [0, 0.1) is 23.1 Å². The Labute approximate surface area is 219 Å². The number of piperazine rings is 1. The van der Waals surface area contributed by atoms with Crippen LogP contribution in [0.3, 0.4) is 0 Å². The Morgan fingerprint density at radius 3 is 2.16 bits per heavy atom. The van der Waals surface area contributed by atoms with Gasteiger partial charge in [0.1, 0.15) is 17.7 Å². The summed E-state index contributed by atoms with van der Waals surface area (Å²) in [6.07, 6.45) is 1.33. The number of carbonyl (C=O) groups excluding carboxylic acids is 2. The molecule has 1 aliphatic heterocycles. The van der Waals surface area contributed by atoms with Gasteiger partial charge in [0.15, 0.2) is 5.82 Å². The molecule has 37 heavy (non-hydrogen) atoms. The molecule has 1 unspecified atom stereocenters. The third kappa shape index (κ3) is 6.28. The van der Waals surface area contributed by atoms with E-state index in [-0.39, 0.29) is 29.0 Å². The van der Waals surface area contributed by atoms with Gasteiger partial charge in [-0.1, -0.05) is 44.2 Å². The lowest BCUT2D eigenvalue weighted by Crippen LogP contribution is -2.52. The Bertz CT molecular complexity index is 1100. The molecule has 2 amide bonds. The Hall–Kier alpha value is -3.44. The first-order valence-electron chi connectivity index (χ1n) is 13.3. The van der Waals surface area contributed by atoms with Crippen LogP contribution >= 0.6 is 0 Å². The summed E-state index contributed by atoms with van der Waals surface area (Å²) in [4.78, 5) is 31.9. The van der Waals surface area contributed by atoms with Gasteiger partial charge in [-0.2, -0.15) is 5.26 Å². The molecule has 1 atom stereocenters. The maximum Gasteiger partial charge on any atom is 0.244 e. The van der Waals surface area contributed by atoms with Gasteiger partial charge in [0.05, 0.1) is 11.4 Å². The number of anilines is 2. The van der Waals surface area contributed by atoms with Gasteiger partial charge in [-0.25, -0.2) is 4.39 Å². The van der Waals surface area contributed by atoms with Crippen LogP contribution in [0.4, 0.5) is 15.8 Å². The summed E-state index contributed by atoms with van der Waals surface area (Å²) in [6.45, 7) is 11.4. The molecule has 0 aliphatic carbocycles. The molecule has 0 aromatic heterocycles. The van der Waals surface area contributed by atoms with Gasteiger partial charge in [-0.05, 0) is 44.4 Å². The van der Waals surface area contributed by atoms with Crippen LogP contribution in [0.1, 0.15) is 57.7 Å². The van der Waals surface area contributed by atoms with Crippen LogP contribution in [0.15, 0.2) is 42.5 Å². The van der Waals surface area contributed by atoms with Crippen LogP contribution in [-0.2, 0) is 9.59 Å². The second-order valence-corrected chi connectivity index (χ2v) is 9.28. The summed E-state index contributed by atoms with van der Waals surface area (Å²) in [5.74, 6) is -1.07. The largest absolute Gasteiger partial charge is 0.368 e. The zero-order chi connectivity index (χ0) is 26.9. The SMILES string of the molecule is CCC(CC)C(=O)Nc1ccc(N2CCN(C(C(=O)N(CC)CC)c3ccccc3)CC2)c(C#N)c1F. The topological polar surface area (TPSA) is 79.7 Å². The van der Waals surface area contributed by atoms with Crippen molar-refractivity contribution in [3.63, 3.8) is 0 Å². The van der Waals surface area contributed by atoms with Crippen LogP contribution in [0.5, 0.6) is 0 Å². The van der Waals surface area contributed by atoms with E-state index in [2.05, 4.69) is 10.2 Å². The minimum atomic E-state index is -0.708. The summed E-state index contributed by atoms with van der Waals surface area (Å²) in [5.41, 5.74) is 1.42. The maximum absolute atomic E-state index is 15.3. The fourth-order valence-corrected chi connectivity index (χ4v) is 5.00. The summed E-state index contributed by atoms with van der Waals surface area (Å²) in [6, 6.07) is 14.6. The first-order valence-corrected chi connectivity index (χ1v) is 13.3. The van der Waals surface area contributed by atoms with E-state index >= 15 is 4.39 Å². The molecule has 1 heterocycles. The van der Waals surface area contributed by atoms with Crippen molar-refractivity contribution >= 4 is 23.2 Å². The molecule has 0 spiro atoms. The van der Waals surface area contributed by atoms with E-state index < -0.39 is 11.9 Å². The first-order chi connectivity index (χ1) is 17.9. The number of halogens is 1. The second-order valence-electron chi connectivity index (χ2n) is 9.28. The van der Waals surface area contributed by atoms with E-state index in [1.807, 2.05) is 73.9 Å². The van der Waals surface area contributed by atoms with Gasteiger partial charge in [-0.15, -0.1) is 0 Å². The van der Waals surface area contributed by atoms with E-state index in [0.717, 1.165) is 5.56 Å². The van der Waals surface area contributed by atoms with Crippen LogP contribution in [0.2, 0.25) is 0 Å². The molecule has 7 nitrogen and oxygen atoms in total. The van der Waals surface area contributed by atoms with E-state index in [9.17, 15) is 14.9 Å². The van der Waals surface area contributed by atoms with Crippen molar-refractivity contribution in [3.05, 3.63) is 59.4 Å². The van der Waals surface area contributed by atoms with Gasteiger partial charge in [0.2, 0.25) is 11.8 Å². The highest BCUT2D eigenvalue weighted by molar-refractivity contribution is 5.93. The molecule has 198 valence electrons. The minimum absolute atomic E-state index is 0.0322. The molecule has 1 N–H and O–H groups in total. The lowest BCUT2D eigenvalue weighted by atomic mass is 10.0. The predicted molar refractivity (Wildman–Crippen MR) is 145 cm³/mol. The average molecular weight is 508 g/mol. The Morgan fingerprint density at radius 2 is 1.62 bits per heavy atom. The highest BCUT2D eigenvalue weighted by atomic mass is 19.1. The van der Waals surface area contributed by atoms with Crippen LogP contribution in [0.25, 0.3) is 0 Å². The maximum atomic E-state index is 15.3. The number of nitrogens with zero attached hydrogens (tertiary/aromatic N) is 4. The number of carbonyl (C=O) groups is 2. The van der Waals surface area contributed by atoms with E-state index in [4.69, 9.17) is 0 Å². The number of hydrogen-bond donors (Lipinski definition) is 1. The quantitative estimate of drug-likeness (QED) is 0.500. The van der Waals surface area contributed by atoms with Crippen molar-refractivity contribution in [2.75, 3.05) is 49.5 Å². The van der Waals surface area contributed by atoms with Gasteiger partial charge in [0, 0.05) is 45.2 Å². The monoisotopic (exact) mass is 507 g/mol. The summed E-state index contributed by atoms with van der Waals surface area (Å²) < 4.78 is 15.3. The fourth-order valence-electron chi connectivity index (χ4n) is 5.00. The highest BCUT2D eigenvalue weighted by Crippen LogP contribution is 2.31. The van der Waals surface area contributed by atoms with Gasteiger partial charge in [0.25, 0.3) is 0 Å². The summed E-state index contributed by atoms with van der Waals surface area (Å²) in [7, 11) is 0. The van der Waals surface area contributed by atoms with Crippen molar-refractivity contribution in [1.29, 1.82) is 5.26 Å². The molecule has 1 fully saturated rings. The first kappa shape index (κ1) is 28.1. The molecule has 2 aromatic carbocycles. The van der Waals surface area contributed by atoms with Gasteiger partial charge < -0.3 is 15.1 Å². The molecular formula is C29H38FN5O2. The van der Waals surface area contributed by atoms with Crippen molar-refractivity contribution in [1.82, 2.24) is 9.80 Å². The molecule has 0 bridgehead atoms. The number of likely N-dealkylation sites (N-methyl/N-ethyl adjacent to an activating group) is 1. The summed E-state index contributed by atoms with van der Waals surface area (Å²) in [5, 5.41) is 12.4. The van der Waals surface area contributed by atoms with E-state index in [1.54, 1.807) is 6.07 Å². The van der Waals surface area contributed by atoms with E-state index in [0.29, 0.717) is 57.8 Å². The van der Waals surface area contributed by atoms with E-state index in [1.165, 1.54) is 6.07 Å². The smallest absolute Gasteiger partial charge is 0.244 e. The van der Waals surface area contributed by atoms with Gasteiger partial charge in [-0.3, -0.25) is 14.5 Å². The zero-order valence-electron chi connectivity index (χ0n) is 22.3. The Kier molecular flexibility index (Phi) is 10.0. The molecule has 2 aromatic rings. The second kappa shape index (κ2) is 13.2. The Morgan fingerprint density at radius 1 is 1.00 bits per heavy atom. The predicted octanol–water partition coefficient (Wildman–Crippen LogP) is 4.80. The van der Waals surface area contributed by atoms with Crippen molar-refractivity contribution < 1.29 is 14.0 Å². The fraction of sp³-hybridized carbons (Fsp3) is 0.483. The normalized spacial score (nSPS) is 14.8. The molecule has 1 aliphatic rings. The molecule has 3 rings (SSSR count). The van der Waals surface area contributed by atoms with Crippen LogP contribution in [-0.4, -0.2) is 60.9 Å². The number of amides is 2. The Balaban J connectivity index is 1.80.